The van der Waals surface area contributed by atoms with Crippen LogP contribution in [0.1, 0.15) is 13.3 Å². The van der Waals surface area contributed by atoms with E-state index < -0.39 is 0 Å². The average Bonchev–Trinajstić information content (AvgIpc) is 2.78. The Labute approximate surface area is 128 Å². The van der Waals surface area contributed by atoms with Crippen LogP contribution in [0.2, 0.25) is 5.15 Å². The Hall–Kier alpha value is -1.53. The highest BCUT2D eigenvalue weighted by Gasteiger charge is 2.08. The fraction of sp³-hybridized carbons (Fsp3) is 0.308. The molecule has 1 aromatic heterocycles. The fourth-order valence-corrected chi connectivity index (χ4v) is 1.95. The highest BCUT2D eigenvalue weighted by atomic mass is 35.5. The van der Waals surface area contributed by atoms with Gasteiger partial charge in [-0.1, -0.05) is 11.6 Å². The van der Waals surface area contributed by atoms with E-state index in [1.54, 1.807) is 34.9 Å². The van der Waals surface area contributed by atoms with Crippen LogP contribution >= 0.6 is 23.4 Å². The number of allylic oxidation sites excluding steroid dienone is 3. The lowest BCUT2D eigenvalue weighted by Gasteiger charge is -2.04. The Bertz CT molecular complexity index is 533. The van der Waals surface area contributed by atoms with Gasteiger partial charge < -0.3 is 5.32 Å². The van der Waals surface area contributed by atoms with Crippen molar-refractivity contribution >= 4 is 47.3 Å². The summed E-state index contributed by atoms with van der Waals surface area (Å²) in [5.41, 5.74) is 1.52. The number of anilines is 1. The number of hydrogen-bond acceptors (Lipinski definition) is 4. The third-order valence-corrected chi connectivity index (χ3v) is 3.29. The zero-order chi connectivity index (χ0) is 15.0. The molecule has 0 fully saturated rings. The molecule has 0 aliphatic rings. The van der Waals surface area contributed by atoms with Gasteiger partial charge in [0.25, 0.3) is 0 Å². The van der Waals surface area contributed by atoms with Crippen LogP contribution in [0.25, 0.3) is 5.70 Å². The molecule has 0 radical (unpaired) electrons. The molecule has 0 spiro atoms. The van der Waals surface area contributed by atoms with Gasteiger partial charge in [0, 0.05) is 18.3 Å². The van der Waals surface area contributed by atoms with Crippen molar-refractivity contribution in [1.82, 2.24) is 9.78 Å². The zero-order valence-corrected chi connectivity index (χ0v) is 13.1. The van der Waals surface area contributed by atoms with E-state index in [1.807, 2.05) is 19.3 Å². The quantitative estimate of drug-likeness (QED) is 0.458. The molecule has 0 aliphatic carbocycles. The first kappa shape index (κ1) is 16.5. The smallest absolute Gasteiger partial charge is 0.174 e. The van der Waals surface area contributed by atoms with Crippen molar-refractivity contribution in [3.8, 4) is 0 Å². The Balaban J connectivity index is 2.77. The van der Waals surface area contributed by atoms with E-state index in [4.69, 9.17) is 17.0 Å². The van der Waals surface area contributed by atoms with E-state index in [0.29, 0.717) is 23.1 Å². The van der Waals surface area contributed by atoms with E-state index in [2.05, 4.69) is 22.1 Å². The summed E-state index contributed by atoms with van der Waals surface area (Å²) < 4.78 is 1.65. The maximum Gasteiger partial charge on any atom is 0.174 e. The molecule has 5 nitrogen and oxygen atoms in total. The molecule has 2 N–H and O–H groups in total. The molecule has 108 valence electrons. The highest BCUT2D eigenvalue weighted by Crippen LogP contribution is 2.21. The molecule has 0 amide bonds. The van der Waals surface area contributed by atoms with Crippen LogP contribution in [0.5, 0.6) is 0 Å². The Morgan fingerprint density at radius 2 is 2.45 bits per heavy atom. The molecule has 0 bridgehead atoms. The SMILES string of the molecule is C=N/C=C\C=C(/C)n1cc(NC(=N)CCSC)c(Cl)n1. The maximum absolute atomic E-state index is 7.81. The van der Waals surface area contributed by atoms with Gasteiger partial charge in [-0.15, -0.1) is 0 Å². The summed E-state index contributed by atoms with van der Waals surface area (Å²) in [6.07, 6.45) is 9.65. The first-order chi connectivity index (χ1) is 9.58. The van der Waals surface area contributed by atoms with Crippen molar-refractivity contribution in [2.24, 2.45) is 4.99 Å². The van der Waals surface area contributed by atoms with Crippen molar-refractivity contribution in [2.75, 3.05) is 17.3 Å². The minimum Gasteiger partial charge on any atom is -0.340 e. The van der Waals surface area contributed by atoms with Gasteiger partial charge in [-0.3, -0.25) is 10.4 Å². The summed E-state index contributed by atoms with van der Waals surface area (Å²) >= 11 is 7.76. The Morgan fingerprint density at radius 3 is 3.10 bits per heavy atom. The predicted octanol–water partition coefficient (Wildman–Crippen LogP) is 3.75. The molecule has 1 aromatic rings. The van der Waals surface area contributed by atoms with Crippen LogP contribution in [-0.4, -0.2) is 34.3 Å². The fourth-order valence-electron chi connectivity index (χ4n) is 1.37. The van der Waals surface area contributed by atoms with Gasteiger partial charge in [-0.25, -0.2) is 4.68 Å². The second kappa shape index (κ2) is 8.60. The van der Waals surface area contributed by atoms with Gasteiger partial charge >= 0.3 is 0 Å². The van der Waals surface area contributed by atoms with E-state index in [0.717, 1.165) is 11.4 Å². The summed E-state index contributed by atoms with van der Waals surface area (Å²) in [6, 6.07) is 0. The lowest BCUT2D eigenvalue weighted by atomic mass is 10.4. The monoisotopic (exact) mass is 311 g/mol. The normalized spacial score (nSPS) is 11.8. The lowest BCUT2D eigenvalue weighted by Crippen LogP contribution is -2.11. The second-order valence-corrected chi connectivity index (χ2v) is 5.30. The number of halogens is 1. The Morgan fingerprint density at radius 1 is 1.70 bits per heavy atom. The van der Waals surface area contributed by atoms with E-state index in [9.17, 15) is 0 Å². The van der Waals surface area contributed by atoms with Crippen LogP contribution in [0.4, 0.5) is 5.69 Å². The van der Waals surface area contributed by atoms with Crippen LogP contribution in [-0.2, 0) is 0 Å². The van der Waals surface area contributed by atoms with Crippen LogP contribution in [0.15, 0.2) is 29.5 Å². The maximum atomic E-state index is 7.81. The molecule has 0 saturated carbocycles. The molecular formula is C13H18ClN5S. The van der Waals surface area contributed by atoms with E-state index in [1.165, 1.54) is 0 Å². The third kappa shape index (κ3) is 5.22. The highest BCUT2D eigenvalue weighted by molar-refractivity contribution is 7.98. The summed E-state index contributed by atoms with van der Waals surface area (Å²) in [4.78, 5) is 3.62. The zero-order valence-electron chi connectivity index (χ0n) is 11.6. The summed E-state index contributed by atoms with van der Waals surface area (Å²) in [7, 11) is 0. The number of hydrogen-bond donors (Lipinski definition) is 2. The Kier molecular flexibility index (Phi) is 7.11. The number of aromatic nitrogens is 2. The number of aliphatic imine (C=N–C) groups is 1. The summed E-state index contributed by atoms with van der Waals surface area (Å²) in [5.74, 6) is 1.33. The van der Waals surface area contributed by atoms with Gasteiger partial charge in [0.15, 0.2) is 5.15 Å². The van der Waals surface area contributed by atoms with Gasteiger partial charge in [-0.05, 0) is 37.8 Å². The number of nitrogens with one attached hydrogen (secondary N) is 2. The molecule has 0 atom stereocenters. The molecule has 1 rings (SSSR count). The van der Waals surface area contributed by atoms with Crippen molar-refractivity contribution in [3.63, 3.8) is 0 Å². The van der Waals surface area contributed by atoms with Crippen molar-refractivity contribution < 1.29 is 0 Å². The summed E-state index contributed by atoms with van der Waals surface area (Å²) in [5, 5.41) is 15.3. The molecule has 0 aromatic carbocycles. The molecule has 7 heteroatoms. The molecule has 0 unspecified atom stereocenters. The minimum absolute atomic E-state index is 0.345. The number of nitrogens with zero attached hydrogens (tertiary/aromatic N) is 3. The topological polar surface area (TPSA) is 66.1 Å². The van der Waals surface area contributed by atoms with Crippen molar-refractivity contribution in [2.45, 2.75) is 13.3 Å². The van der Waals surface area contributed by atoms with E-state index in [-0.39, 0.29) is 0 Å². The number of rotatable bonds is 7. The first-order valence-corrected chi connectivity index (χ1v) is 7.74. The third-order valence-electron chi connectivity index (χ3n) is 2.40. The predicted molar refractivity (Wildman–Crippen MR) is 90.2 cm³/mol. The molecule has 20 heavy (non-hydrogen) atoms. The average molecular weight is 312 g/mol. The molecule has 0 aliphatic heterocycles. The molecule has 1 heterocycles. The van der Waals surface area contributed by atoms with Gasteiger partial charge in [0.1, 0.15) is 0 Å². The first-order valence-electron chi connectivity index (χ1n) is 5.96. The largest absolute Gasteiger partial charge is 0.340 e. The van der Waals surface area contributed by atoms with Gasteiger partial charge in [-0.2, -0.15) is 16.9 Å². The number of amidine groups is 1. The van der Waals surface area contributed by atoms with Crippen molar-refractivity contribution in [3.05, 3.63) is 29.7 Å². The van der Waals surface area contributed by atoms with Crippen molar-refractivity contribution in [1.29, 1.82) is 5.41 Å². The van der Waals surface area contributed by atoms with Gasteiger partial charge in [0.05, 0.1) is 17.7 Å². The summed E-state index contributed by atoms with van der Waals surface area (Å²) in [6.45, 7) is 5.26. The van der Waals surface area contributed by atoms with Gasteiger partial charge in [0.2, 0.25) is 0 Å². The molecular weight excluding hydrogens is 294 g/mol. The standard InChI is InChI=1S/C13H18ClN5S/c1-10(5-4-7-16-2)19-9-11(13(14)18-19)17-12(15)6-8-20-3/h4-5,7,9H,2,6,8H2,1,3H3,(H2,15,17)/b7-4-,10-5+. The van der Waals surface area contributed by atoms with E-state index >= 15 is 0 Å². The lowest BCUT2D eigenvalue weighted by molar-refractivity contribution is 0.896. The minimum atomic E-state index is 0.345. The van der Waals surface area contributed by atoms with Crippen LogP contribution in [0.3, 0.4) is 0 Å². The molecule has 0 saturated heterocycles. The van der Waals surface area contributed by atoms with Crippen LogP contribution < -0.4 is 5.32 Å². The number of thioether (sulfide) groups is 1. The second-order valence-electron chi connectivity index (χ2n) is 3.96. The van der Waals surface area contributed by atoms with Crippen LogP contribution in [0, 0.1) is 5.41 Å².